The van der Waals surface area contributed by atoms with E-state index in [0.717, 1.165) is 24.5 Å². The summed E-state index contributed by atoms with van der Waals surface area (Å²) < 4.78 is 0. The van der Waals surface area contributed by atoms with Crippen molar-refractivity contribution in [3.05, 3.63) is 34.9 Å². The van der Waals surface area contributed by atoms with E-state index in [1.165, 1.54) is 25.3 Å². The zero-order valence-corrected chi connectivity index (χ0v) is 13.7. The van der Waals surface area contributed by atoms with Crippen LogP contribution in [0, 0.1) is 0 Å². The molecule has 2 rings (SSSR count). The maximum absolute atomic E-state index is 10.6. The van der Waals surface area contributed by atoms with E-state index < -0.39 is 5.97 Å². The SMILES string of the molecule is O=C(O)/C=C/c1ccc(Cl)c(NC(=S)NC2CCCCC2)c1. The van der Waals surface area contributed by atoms with Gasteiger partial charge < -0.3 is 15.7 Å². The molecule has 118 valence electrons. The van der Waals surface area contributed by atoms with Gasteiger partial charge in [0.05, 0.1) is 10.7 Å². The Morgan fingerprint density at radius 2 is 2.05 bits per heavy atom. The number of benzene rings is 1. The minimum absolute atomic E-state index is 0.419. The van der Waals surface area contributed by atoms with Gasteiger partial charge in [0.15, 0.2) is 5.11 Å². The highest BCUT2D eigenvalue weighted by atomic mass is 35.5. The second-order valence-electron chi connectivity index (χ2n) is 5.34. The van der Waals surface area contributed by atoms with Crippen LogP contribution in [0.1, 0.15) is 37.7 Å². The van der Waals surface area contributed by atoms with E-state index in [2.05, 4.69) is 10.6 Å². The molecule has 1 aromatic carbocycles. The molecule has 0 spiro atoms. The van der Waals surface area contributed by atoms with Crippen LogP contribution < -0.4 is 10.6 Å². The lowest BCUT2D eigenvalue weighted by Crippen LogP contribution is -2.38. The molecule has 0 aliphatic heterocycles. The van der Waals surface area contributed by atoms with Gasteiger partial charge in [-0.3, -0.25) is 0 Å². The summed E-state index contributed by atoms with van der Waals surface area (Å²) in [6.45, 7) is 0. The first-order valence-electron chi connectivity index (χ1n) is 7.32. The van der Waals surface area contributed by atoms with Crippen molar-refractivity contribution in [1.29, 1.82) is 0 Å². The Labute approximate surface area is 140 Å². The van der Waals surface area contributed by atoms with Crippen LogP contribution >= 0.6 is 23.8 Å². The molecule has 1 aliphatic rings. The summed E-state index contributed by atoms with van der Waals surface area (Å²) in [4.78, 5) is 10.6. The van der Waals surface area contributed by atoms with Gasteiger partial charge in [-0.1, -0.05) is 36.9 Å². The fourth-order valence-corrected chi connectivity index (χ4v) is 2.94. The average Bonchev–Trinajstić information content (AvgIpc) is 2.49. The lowest BCUT2D eigenvalue weighted by Gasteiger charge is -2.24. The monoisotopic (exact) mass is 338 g/mol. The summed E-state index contributed by atoms with van der Waals surface area (Å²) in [7, 11) is 0. The molecule has 0 amide bonds. The third-order valence-electron chi connectivity index (χ3n) is 3.60. The summed E-state index contributed by atoms with van der Waals surface area (Å²) in [6, 6.07) is 5.66. The molecule has 0 unspecified atom stereocenters. The Bertz CT molecular complexity index is 584. The highest BCUT2D eigenvalue weighted by Crippen LogP contribution is 2.24. The molecule has 4 nitrogen and oxygen atoms in total. The number of hydrogen-bond acceptors (Lipinski definition) is 2. The van der Waals surface area contributed by atoms with Crippen LogP contribution in [-0.4, -0.2) is 22.2 Å². The van der Waals surface area contributed by atoms with Gasteiger partial charge in [-0.2, -0.15) is 0 Å². The summed E-state index contributed by atoms with van der Waals surface area (Å²) in [6.07, 6.45) is 8.64. The second-order valence-corrected chi connectivity index (χ2v) is 6.16. The van der Waals surface area contributed by atoms with Gasteiger partial charge in [-0.15, -0.1) is 0 Å². The highest BCUT2D eigenvalue weighted by Gasteiger charge is 2.14. The van der Waals surface area contributed by atoms with Crippen LogP contribution in [0.4, 0.5) is 5.69 Å². The van der Waals surface area contributed by atoms with Gasteiger partial charge >= 0.3 is 5.97 Å². The zero-order valence-electron chi connectivity index (χ0n) is 12.1. The van der Waals surface area contributed by atoms with Crippen molar-refractivity contribution in [3.63, 3.8) is 0 Å². The normalized spacial score (nSPS) is 15.7. The lowest BCUT2D eigenvalue weighted by molar-refractivity contribution is -0.131. The van der Waals surface area contributed by atoms with Gasteiger partial charge in [-0.25, -0.2) is 4.79 Å². The Kier molecular flexibility index (Phi) is 6.21. The van der Waals surface area contributed by atoms with Gasteiger partial charge in [-0.05, 0) is 48.8 Å². The van der Waals surface area contributed by atoms with E-state index in [1.54, 1.807) is 18.2 Å². The molecule has 1 aliphatic carbocycles. The van der Waals surface area contributed by atoms with Crippen molar-refractivity contribution in [1.82, 2.24) is 5.32 Å². The van der Waals surface area contributed by atoms with Crippen molar-refractivity contribution < 1.29 is 9.90 Å². The number of aliphatic carboxylic acids is 1. The number of hydrogen-bond donors (Lipinski definition) is 3. The standard InChI is InChI=1S/C16H19ClN2O2S/c17-13-8-6-11(7-9-15(20)21)10-14(13)19-16(22)18-12-4-2-1-3-5-12/h6-10,12H,1-5H2,(H,20,21)(H2,18,19,22)/b9-7+. The number of thiocarbonyl (C=S) groups is 1. The molecule has 0 bridgehead atoms. The number of nitrogens with one attached hydrogen (secondary N) is 2. The Balaban J connectivity index is 1.99. The molecular weight excluding hydrogens is 320 g/mol. The quantitative estimate of drug-likeness (QED) is 0.571. The minimum atomic E-state index is -0.987. The third kappa shape index (κ3) is 5.31. The molecule has 0 radical (unpaired) electrons. The molecule has 0 aromatic heterocycles. The molecular formula is C16H19ClN2O2S. The molecule has 0 saturated heterocycles. The van der Waals surface area contributed by atoms with Gasteiger partial charge in [0.25, 0.3) is 0 Å². The average molecular weight is 339 g/mol. The second kappa shape index (κ2) is 8.15. The van der Waals surface area contributed by atoms with E-state index in [0.29, 0.717) is 21.9 Å². The van der Waals surface area contributed by atoms with Crippen molar-refractivity contribution in [2.75, 3.05) is 5.32 Å². The minimum Gasteiger partial charge on any atom is -0.478 e. The molecule has 0 atom stereocenters. The van der Waals surface area contributed by atoms with E-state index in [9.17, 15) is 4.79 Å². The van der Waals surface area contributed by atoms with E-state index in [4.69, 9.17) is 28.9 Å². The fraction of sp³-hybridized carbons (Fsp3) is 0.375. The summed E-state index contributed by atoms with van der Waals surface area (Å²) >= 11 is 11.5. The first-order valence-corrected chi connectivity index (χ1v) is 8.11. The number of carbonyl (C=O) groups is 1. The van der Waals surface area contributed by atoms with Crippen LogP contribution in [0.3, 0.4) is 0 Å². The molecule has 1 aromatic rings. The molecule has 3 N–H and O–H groups in total. The molecule has 0 heterocycles. The number of rotatable bonds is 4. The van der Waals surface area contributed by atoms with Gasteiger partial charge in [0.2, 0.25) is 0 Å². The van der Waals surface area contributed by atoms with Crippen molar-refractivity contribution in [2.24, 2.45) is 0 Å². The first kappa shape index (κ1) is 16.8. The molecule has 6 heteroatoms. The Hall–Kier alpha value is -1.59. The number of anilines is 1. The molecule has 1 saturated carbocycles. The number of carboxylic acid groups (broad SMARTS) is 1. The van der Waals surface area contributed by atoms with Crippen molar-refractivity contribution >= 4 is 46.7 Å². The Morgan fingerprint density at radius 3 is 2.73 bits per heavy atom. The van der Waals surface area contributed by atoms with Crippen molar-refractivity contribution in [2.45, 2.75) is 38.1 Å². The van der Waals surface area contributed by atoms with E-state index in [-0.39, 0.29) is 0 Å². The predicted molar refractivity (Wildman–Crippen MR) is 94.4 cm³/mol. The number of halogens is 1. The van der Waals surface area contributed by atoms with E-state index >= 15 is 0 Å². The lowest BCUT2D eigenvalue weighted by atomic mass is 9.96. The maximum Gasteiger partial charge on any atom is 0.328 e. The highest BCUT2D eigenvalue weighted by molar-refractivity contribution is 7.80. The van der Waals surface area contributed by atoms with Crippen molar-refractivity contribution in [3.8, 4) is 0 Å². The summed E-state index contributed by atoms with van der Waals surface area (Å²) in [5, 5.41) is 16.2. The summed E-state index contributed by atoms with van der Waals surface area (Å²) in [5.74, 6) is -0.987. The zero-order chi connectivity index (χ0) is 15.9. The topological polar surface area (TPSA) is 61.4 Å². The van der Waals surface area contributed by atoms with Gasteiger partial charge in [0, 0.05) is 12.1 Å². The number of carboxylic acids is 1. The fourth-order valence-electron chi connectivity index (χ4n) is 2.50. The van der Waals surface area contributed by atoms with E-state index in [1.807, 2.05) is 0 Å². The predicted octanol–water partition coefficient (Wildman–Crippen LogP) is 4.06. The van der Waals surface area contributed by atoms with Crippen LogP contribution in [0.15, 0.2) is 24.3 Å². The van der Waals surface area contributed by atoms with Crippen LogP contribution in [-0.2, 0) is 4.79 Å². The van der Waals surface area contributed by atoms with Gasteiger partial charge in [0.1, 0.15) is 0 Å². The largest absolute Gasteiger partial charge is 0.478 e. The van der Waals surface area contributed by atoms with Crippen LogP contribution in [0.2, 0.25) is 5.02 Å². The maximum atomic E-state index is 10.6. The van der Waals surface area contributed by atoms with Crippen LogP contribution in [0.25, 0.3) is 6.08 Å². The molecule has 1 fully saturated rings. The first-order chi connectivity index (χ1) is 10.5. The smallest absolute Gasteiger partial charge is 0.328 e. The Morgan fingerprint density at radius 1 is 1.32 bits per heavy atom. The van der Waals surface area contributed by atoms with Crippen LogP contribution in [0.5, 0.6) is 0 Å². The molecule has 22 heavy (non-hydrogen) atoms. The summed E-state index contributed by atoms with van der Waals surface area (Å²) in [5.41, 5.74) is 1.41. The third-order valence-corrected chi connectivity index (χ3v) is 4.15.